The standard InChI is InChI=1S/C15H12OS/c1-17-12-8-6-11(7-9-12)14-10-16-15-5-3-2-4-13(14)15/h2-10H,1H3. The summed E-state index contributed by atoms with van der Waals surface area (Å²) in [6.45, 7) is 0. The summed E-state index contributed by atoms with van der Waals surface area (Å²) in [7, 11) is 0. The van der Waals surface area contributed by atoms with E-state index in [0.29, 0.717) is 0 Å². The Morgan fingerprint density at radius 2 is 1.71 bits per heavy atom. The molecule has 0 fully saturated rings. The summed E-state index contributed by atoms with van der Waals surface area (Å²) in [5.74, 6) is 0. The van der Waals surface area contributed by atoms with Crippen LogP contribution in [0.2, 0.25) is 0 Å². The first-order valence-electron chi connectivity index (χ1n) is 5.49. The van der Waals surface area contributed by atoms with Crippen molar-refractivity contribution in [3.8, 4) is 11.1 Å². The molecule has 0 aliphatic carbocycles. The van der Waals surface area contributed by atoms with Crippen LogP contribution in [0.3, 0.4) is 0 Å². The number of para-hydroxylation sites is 1. The lowest BCUT2D eigenvalue weighted by molar-refractivity contribution is 0.617. The van der Waals surface area contributed by atoms with Crippen molar-refractivity contribution >= 4 is 22.7 Å². The van der Waals surface area contributed by atoms with Gasteiger partial charge in [0.2, 0.25) is 0 Å². The second-order valence-corrected chi connectivity index (χ2v) is 4.75. The van der Waals surface area contributed by atoms with E-state index in [2.05, 4.69) is 36.6 Å². The van der Waals surface area contributed by atoms with Gasteiger partial charge in [-0.15, -0.1) is 11.8 Å². The van der Waals surface area contributed by atoms with Gasteiger partial charge in [0.1, 0.15) is 5.58 Å². The van der Waals surface area contributed by atoms with Gasteiger partial charge in [-0.2, -0.15) is 0 Å². The van der Waals surface area contributed by atoms with Gasteiger partial charge in [0.05, 0.1) is 6.26 Å². The van der Waals surface area contributed by atoms with Crippen molar-refractivity contribution in [1.29, 1.82) is 0 Å². The fourth-order valence-corrected chi connectivity index (χ4v) is 2.38. The lowest BCUT2D eigenvalue weighted by Gasteiger charge is -2.00. The molecule has 2 heteroatoms. The predicted molar refractivity (Wildman–Crippen MR) is 73.4 cm³/mol. The molecule has 0 N–H and O–H groups in total. The van der Waals surface area contributed by atoms with Gasteiger partial charge in [0.15, 0.2) is 0 Å². The van der Waals surface area contributed by atoms with E-state index < -0.39 is 0 Å². The molecular weight excluding hydrogens is 228 g/mol. The molecule has 0 amide bonds. The summed E-state index contributed by atoms with van der Waals surface area (Å²) in [6, 6.07) is 16.7. The Hall–Kier alpha value is -1.67. The highest BCUT2D eigenvalue weighted by molar-refractivity contribution is 7.98. The molecule has 0 atom stereocenters. The second kappa shape index (κ2) is 4.30. The highest BCUT2D eigenvalue weighted by Crippen LogP contribution is 2.31. The van der Waals surface area contributed by atoms with E-state index in [4.69, 9.17) is 4.42 Å². The minimum atomic E-state index is 0.941. The lowest BCUT2D eigenvalue weighted by Crippen LogP contribution is -1.75. The van der Waals surface area contributed by atoms with Crippen LogP contribution >= 0.6 is 11.8 Å². The molecule has 84 valence electrons. The number of hydrogen-bond acceptors (Lipinski definition) is 2. The zero-order valence-corrected chi connectivity index (χ0v) is 10.3. The van der Waals surface area contributed by atoms with Crippen molar-refractivity contribution in [2.24, 2.45) is 0 Å². The molecule has 1 heterocycles. The first kappa shape index (κ1) is 10.5. The zero-order valence-electron chi connectivity index (χ0n) is 9.51. The Labute approximate surface area is 104 Å². The van der Waals surface area contributed by atoms with E-state index in [1.54, 1.807) is 11.8 Å². The normalized spacial score (nSPS) is 10.9. The minimum Gasteiger partial charge on any atom is -0.464 e. The molecule has 0 unspecified atom stereocenters. The summed E-state index contributed by atoms with van der Waals surface area (Å²) in [5.41, 5.74) is 3.30. The van der Waals surface area contributed by atoms with Gasteiger partial charge < -0.3 is 4.42 Å². The highest BCUT2D eigenvalue weighted by Gasteiger charge is 2.06. The van der Waals surface area contributed by atoms with Gasteiger partial charge >= 0.3 is 0 Å². The maximum absolute atomic E-state index is 5.55. The van der Waals surface area contributed by atoms with Gasteiger partial charge in [-0.05, 0) is 30.0 Å². The second-order valence-electron chi connectivity index (χ2n) is 3.87. The summed E-state index contributed by atoms with van der Waals surface area (Å²) in [4.78, 5) is 1.28. The molecule has 3 aromatic rings. The minimum absolute atomic E-state index is 0.941. The summed E-state index contributed by atoms with van der Waals surface area (Å²) in [5, 5.41) is 1.17. The lowest BCUT2D eigenvalue weighted by atomic mass is 10.1. The number of hydrogen-bond donors (Lipinski definition) is 0. The summed E-state index contributed by atoms with van der Waals surface area (Å²) >= 11 is 1.75. The van der Waals surface area contributed by atoms with Crippen molar-refractivity contribution in [2.75, 3.05) is 6.26 Å². The molecule has 2 aromatic carbocycles. The zero-order chi connectivity index (χ0) is 11.7. The van der Waals surface area contributed by atoms with Gasteiger partial charge in [0, 0.05) is 15.8 Å². The number of benzene rings is 2. The predicted octanol–water partition coefficient (Wildman–Crippen LogP) is 4.82. The molecular formula is C15H12OS. The molecule has 1 aromatic heterocycles. The van der Waals surface area contributed by atoms with Crippen LogP contribution in [0.1, 0.15) is 0 Å². The molecule has 3 rings (SSSR count). The molecule has 1 nitrogen and oxygen atoms in total. The average Bonchev–Trinajstić information content (AvgIpc) is 2.83. The maximum Gasteiger partial charge on any atom is 0.134 e. The molecule has 0 saturated heterocycles. The highest BCUT2D eigenvalue weighted by atomic mass is 32.2. The van der Waals surface area contributed by atoms with E-state index in [0.717, 1.165) is 11.1 Å². The average molecular weight is 240 g/mol. The van der Waals surface area contributed by atoms with Gasteiger partial charge in [0.25, 0.3) is 0 Å². The molecule has 0 aliphatic rings. The third-order valence-corrected chi connectivity index (χ3v) is 3.63. The third-order valence-electron chi connectivity index (χ3n) is 2.88. The van der Waals surface area contributed by atoms with E-state index in [1.165, 1.54) is 15.8 Å². The Balaban J connectivity index is 2.13. The number of fused-ring (bicyclic) bond motifs is 1. The van der Waals surface area contributed by atoms with E-state index in [1.807, 2.05) is 24.5 Å². The molecule has 0 saturated carbocycles. The monoisotopic (exact) mass is 240 g/mol. The fourth-order valence-electron chi connectivity index (χ4n) is 1.97. The van der Waals surface area contributed by atoms with Crippen LogP contribution in [-0.2, 0) is 0 Å². The first-order chi connectivity index (χ1) is 8.38. The van der Waals surface area contributed by atoms with Gasteiger partial charge in [-0.25, -0.2) is 0 Å². The van der Waals surface area contributed by atoms with E-state index in [-0.39, 0.29) is 0 Å². The quantitative estimate of drug-likeness (QED) is 0.596. The van der Waals surface area contributed by atoms with Crippen molar-refractivity contribution in [3.63, 3.8) is 0 Å². The first-order valence-corrected chi connectivity index (χ1v) is 6.71. The van der Waals surface area contributed by atoms with Crippen molar-refractivity contribution in [2.45, 2.75) is 4.90 Å². The van der Waals surface area contributed by atoms with Crippen LogP contribution < -0.4 is 0 Å². The number of thioether (sulfide) groups is 1. The van der Waals surface area contributed by atoms with Crippen molar-refractivity contribution in [3.05, 3.63) is 54.8 Å². The van der Waals surface area contributed by atoms with E-state index in [9.17, 15) is 0 Å². The molecule has 0 aliphatic heterocycles. The summed E-state index contributed by atoms with van der Waals surface area (Å²) < 4.78 is 5.55. The number of furan rings is 1. The summed E-state index contributed by atoms with van der Waals surface area (Å²) in [6.07, 6.45) is 3.92. The molecule has 0 radical (unpaired) electrons. The fraction of sp³-hybridized carbons (Fsp3) is 0.0667. The largest absolute Gasteiger partial charge is 0.464 e. The topological polar surface area (TPSA) is 13.1 Å². The molecule has 0 spiro atoms. The molecule has 17 heavy (non-hydrogen) atoms. The Kier molecular flexibility index (Phi) is 2.65. The van der Waals surface area contributed by atoms with Crippen LogP contribution in [0, 0.1) is 0 Å². The Morgan fingerprint density at radius 1 is 0.941 bits per heavy atom. The van der Waals surface area contributed by atoms with E-state index >= 15 is 0 Å². The van der Waals surface area contributed by atoms with Crippen LogP contribution in [0.15, 0.2) is 64.1 Å². The van der Waals surface area contributed by atoms with Crippen molar-refractivity contribution in [1.82, 2.24) is 0 Å². The van der Waals surface area contributed by atoms with Crippen molar-refractivity contribution < 1.29 is 4.42 Å². The van der Waals surface area contributed by atoms with Crippen LogP contribution in [0.25, 0.3) is 22.1 Å². The smallest absolute Gasteiger partial charge is 0.134 e. The van der Waals surface area contributed by atoms with Gasteiger partial charge in [-0.1, -0.05) is 30.3 Å². The Bertz CT molecular complexity index is 637. The Morgan fingerprint density at radius 3 is 2.47 bits per heavy atom. The maximum atomic E-state index is 5.55. The van der Waals surface area contributed by atoms with Crippen LogP contribution in [-0.4, -0.2) is 6.26 Å². The third kappa shape index (κ3) is 1.85. The molecule has 0 bridgehead atoms. The SMILES string of the molecule is CSc1ccc(-c2coc3ccccc23)cc1. The van der Waals surface area contributed by atoms with Crippen LogP contribution in [0.4, 0.5) is 0 Å². The van der Waals surface area contributed by atoms with Crippen LogP contribution in [0.5, 0.6) is 0 Å². The van der Waals surface area contributed by atoms with Gasteiger partial charge in [-0.3, -0.25) is 0 Å². The number of rotatable bonds is 2.